The SMILES string of the molecule is COc1c(OC2CCN(C(=O)OC(C)C)CC2)ccnc1Nc1ccc(SC)cc1F. The predicted molar refractivity (Wildman–Crippen MR) is 119 cm³/mol. The van der Waals surface area contributed by atoms with Gasteiger partial charge in [-0.05, 0) is 38.3 Å². The lowest BCUT2D eigenvalue weighted by Crippen LogP contribution is -2.42. The fourth-order valence-electron chi connectivity index (χ4n) is 3.27. The second-order valence-electron chi connectivity index (χ2n) is 7.40. The van der Waals surface area contributed by atoms with Crippen molar-refractivity contribution in [3.63, 3.8) is 0 Å². The van der Waals surface area contributed by atoms with Gasteiger partial charge in [-0.2, -0.15) is 0 Å². The molecule has 1 aromatic carbocycles. The van der Waals surface area contributed by atoms with Gasteiger partial charge < -0.3 is 24.4 Å². The molecule has 0 bridgehead atoms. The average molecular weight is 450 g/mol. The van der Waals surface area contributed by atoms with Crippen LogP contribution in [0.1, 0.15) is 26.7 Å². The number of methoxy groups -OCH3 is 1. The molecule has 2 heterocycles. The predicted octanol–water partition coefficient (Wildman–Crippen LogP) is 5.08. The number of carbonyl (C=O) groups is 1. The van der Waals surface area contributed by atoms with Crippen LogP contribution < -0.4 is 14.8 Å². The summed E-state index contributed by atoms with van der Waals surface area (Å²) < 4.78 is 31.3. The van der Waals surface area contributed by atoms with Crippen LogP contribution in [0.3, 0.4) is 0 Å². The second kappa shape index (κ2) is 10.6. The Morgan fingerprint density at radius 3 is 2.65 bits per heavy atom. The van der Waals surface area contributed by atoms with Gasteiger partial charge in [0, 0.05) is 43.1 Å². The summed E-state index contributed by atoms with van der Waals surface area (Å²) >= 11 is 1.47. The number of amides is 1. The molecule has 31 heavy (non-hydrogen) atoms. The minimum absolute atomic E-state index is 0.0788. The van der Waals surface area contributed by atoms with Crippen molar-refractivity contribution in [2.24, 2.45) is 0 Å². The van der Waals surface area contributed by atoms with Gasteiger partial charge in [-0.15, -0.1) is 11.8 Å². The molecule has 0 saturated carbocycles. The van der Waals surface area contributed by atoms with Crippen LogP contribution in [0.5, 0.6) is 11.5 Å². The van der Waals surface area contributed by atoms with E-state index in [1.807, 2.05) is 26.2 Å². The topological polar surface area (TPSA) is 72.9 Å². The zero-order valence-corrected chi connectivity index (χ0v) is 19.0. The summed E-state index contributed by atoms with van der Waals surface area (Å²) in [4.78, 5) is 18.9. The van der Waals surface area contributed by atoms with E-state index in [9.17, 15) is 9.18 Å². The summed E-state index contributed by atoms with van der Waals surface area (Å²) in [5.74, 6) is 0.915. The molecule has 3 rings (SSSR count). The molecule has 1 saturated heterocycles. The highest BCUT2D eigenvalue weighted by Gasteiger charge is 2.26. The maximum absolute atomic E-state index is 14.4. The van der Waals surface area contributed by atoms with E-state index in [0.717, 1.165) is 4.90 Å². The number of anilines is 2. The number of halogens is 1. The van der Waals surface area contributed by atoms with Crippen molar-refractivity contribution in [2.75, 3.05) is 31.8 Å². The first-order chi connectivity index (χ1) is 14.9. The maximum Gasteiger partial charge on any atom is 0.410 e. The third-order valence-corrected chi connectivity index (χ3v) is 5.56. The number of carbonyl (C=O) groups excluding carboxylic acids is 1. The average Bonchev–Trinajstić information content (AvgIpc) is 2.75. The zero-order chi connectivity index (χ0) is 22.4. The summed E-state index contributed by atoms with van der Waals surface area (Å²) in [5, 5.41) is 2.99. The number of ether oxygens (including phenoxy) is 3. The van der Waals surface area contributed by atoms with E-state index in [4.69, 9.17) is 14.2 Å². The van der Waals surface area contributed by atoms with Crippen molar-refractivity contribution in [3.8, 4) is 11.5 Å². The van der Waals surface area contributed by atoms with Gasteiger partial charge >= 0.3 is 6.09 Å². The first-order valence-corrected chi connectivity index (χ1v) is 11.4. The second-order valence-corrected chi connectivity index (χ2v) is 8.28. The van der Waals surface area contributed by atoms with E-state index < -0.39 is 0 Å². The van der Waals surface area contributed by atoms with Gasteiger partial charge in [0.05, 0.1) is 18.9 Å². The van der Waals surface area contributed by atoms with E-state index in [2.05, 4.69) is 10.3 Å². The number of likely N-dealkylation sites (tertiary alicyclic amines) is 1. The molecule has 2 aromatic rings. The van der Waals surface area contributed by atoms with Crippen LogP contribution in [0.15, 0.2) is 35.4 Å². The highest BCUT2D eigenvalue weighted by molar-refractivity contribution is 7.98. The molecule has 0 radical (unpaired) electrons. The van der Waals surface area contributed by atoms with Crippen molar-refractivity contribution < 1.29 is 23.4 Å². The van der Waals surface area contributed by atoms with Gasteiger partial charge in [0.1, 0.15) is 11.9 Å². The number of benzene rings is 1. The highest BCUT2D eigenvalue weighted by Crippen LogP contribution is 2.37. The van der Waals surface area contributed by atoms with Crippen molar-refractivity contribution in [1.29, 1.82) is 0 Å². The van der Waals surface area contributed by atoms with Gasteiger partial charge in [-0.3, -0.25) is 0 Å². The van der Waals surface area contributed by atoms with Crippen LogP contribution in [-0.2, 0) is 4.74 Å². The summed E-state index contributed by atoms with van der Waals surface area (Å²) in [6, 6.07) is 6.69. The Morgan fingerprint density at radius 1 is 1.29 bits per heavy atom. The lowest BCUT2D eigenvalue weighted by Gasteiger charge is -2.32. The van der Waals surface area contributed by atoms with E-state index >= 15 is 0 Å². The van der Waals surface area contributed by atoms with Gasteiger partial charge in [0.25, 0.3) is 0 Å². The minimum atomic E-state index is -0.373. The van der Waals surface area contributed by atoms with Crippen molar-refractivity contribution in [2.45, 2.75) is 43.8 Å². The van der Waals surface area contributed by atoms with Crippen LogP contribution in [0, 0.1) is 5.82 Å². The third-order valence-electron chi connectivity index (χ3n) is 4.83. The molecule has 0 atom stereocenters. The van der Waals surface area contributed by atoms with Crippen LogP contribution in [0.2, 0.25) is 0 Å². The Labute approximate surface area is 186 Å². The van der Waals surface area contributed by atoms with E-state index in [-0.39, 0.29) is 24.1 Å². The molecule has 1 aliphatic heterocycles. The lowest BCUT2D eigenvalue weighted by molar-refractivity contribution is 0.0511. The standard InChI is InChI=1S/C22H28FN3O4S/c1-14(2)29-22(27)26-11-8-15(9-12-26)30-19-7-10-24-21(20(19)28-3)25-18-6-5-16(31-4)13-17(18)23/h5-7,10,13-15H,8-9,11-12H2,1-4H3,(H,24,25). The molecule has 1 amide bonds. The Kier molecular flexibility index (Phi) is 7.84. The fraction of sp³-hybridized carbons (Fsp3) is 0.455. The van der Waals surface area contributed by atoms with Gasteiger partial charge in [0.2, 0.25) is 5.75 Å². The summed E-state index contributed by atoms with van der Waals surface area (Å²) in [7, 11) is 1.52. The molecular weight excluding hydrogens is 421 g/mol. The molecule has 168 valence electrons. The van der Waals surface area contributed by atoms with Crippen LogP contribution in [0.4, 0.5) is 20.7 Å². The van der Waals surface area contributed by atoms with Crippen LogP contribution in [-0.4, -0.2) is 54.6 Å². The maximum atomic E-state index is 14.4. The number of rotatable bonds is 7. The number of nitrogens with one attached hydrogen (secondary N) is 1. The van der Waals surface area contributed by atoms with Crippen molar-refractivity contribution in [1.82, 2.24) is 9.88 Å². The number of thioether (sulfide) groups is 1. The molecule has 1 aliphatic rings. The molecular formula is C22H28FN3O4S. The number of pyridine rings is 1. The Hall–Kier alpha value is -2.68. The normalized spacial score (nSPS) is 14.5. The van der Waals surface area contributed by atoms with E-state index in [1.54, 1.807) is 23.2 Å². The Morgan fingerprint density at radius 2 is 2.03 bits per heavy atom. The van der Waals surface area contributed by atoms with E-state index in [0.29, 0.717) is 48.9 Å². The van der Waals surface area contributed by atoms with Crippen molar-refractivity contribution >= 4 is 29.4 Å². The molecule has 9 heteroatoms. The summed E-state index contributed by atoms with van der Waals surface area (Å²) in [6.07, 6.45) is 4.31. The number of piperidine rings is 1. The first kappa shape index (κ1) is 23.0. The largest absolute Gasteiger partial charge is 0.490 e. The monoisotopic (exact) mass is 449 g/mol. The van der Waals surface area contributed by atoms with Gasteiger partial charge in [0.15, 0.2) is 11.6 Å². The smallest absolute Gasteiger partial charge is 0.410 e. The minimum Gasteiger partial charge on any atom is -0.490 e. The summed E-state index contributed by atoms with van der Waals surface area (Å²) in [6.45, 7) is 4.78. The molecule has 7 nitrogen and oxygen atoms in total. The molecule has 1 fully saturated rings. The molecule has 1 aromatic heterocycles. The van der Waals surface area contributed by atoms with Crippen LogP contribution >= 0.6 is 11.8 Å². The highest BCUT2D eigenvalue weighted by atomic mass is 32.2. The number of hydrogen-bond donors (Lipinski definition) is 1. The quantitative estimate of drug-likeness (QED) is 0.591. The van der Waals surface area contributed by atoms with Crippen molar-refractivity contribution in [3.05, 3.63) is 36.3 Å². The summed E-state index contributed by atoms with van der Waals surface area (Å²) in [5.41, 5.74) is 0.303. The first-order valence-electron chi connectivity index (χ1n) is 10.2. The zero-order valence-electron chi connectivity index (χ0n) is 18.2. The Bertz CT molecular complexity index is 904. The third kappa shape index (κ3) is 5.94. The van der Waals surface area contributed by atoms with Gasteiger partial charge in [-0.1, -0.05) is 0 Å². The molecule has 1 N–H and O–H groups in total. The molecule has 0 spiro atoms. The molecule has 0 aliphatic carbocycles. The Balaban J connectivity index is 1.67. The van der Waals surface area contributed by atoms with Gasteiger partial charge in [-0.25, -0.2) is 14.2 Å². The number of nitrogens with zero attached hydrogens (tertiary/aromatic N) is 2. The fourth-order valence-corrected chi connectivity index (χ4v) is 3.70. The lowest BCUT2D eigenvalue weighted by atomic mass is 10.1. The number of aromatic nitrogens is 1. The van der Waals surface area contributed by atoms with Crippen LogP contribution in [0.25, 0.3) is 0 Å². The van der Waals surface area contributed by atoms with E-state index in [1.165, 1.54) is 24.9 Å². The molecule has 0 unspecified atom stereocenters. The number of hydrogen-bond acceptors (Lipinski definition) is 7.